The Morgan fingerprint density at radius 2 is 1.60 bits per heavy atom. The first-order chi connectivity index (χ1) is 16.7. The third-order valence-electron chi connectivity index (χ3n) is 7.43. The highest BCUT2D eigenvalue weighted by Gasteiger charge is 2.42. The van der Waals surface area contributed by atoms with Crippen LogP contribution in [0.5, 0.6) is 0 Å². The number of amides is 3. The molecule has 3 fully saturated rings. The van der Waals surface area contributed by atoms with Crippen molar-refractivity contribution in [3.8, 4) is 0 Å². The first kappa shape index (κ1) is 25.3. The van der Waals surface area contributed by atoms with E-state index in [9.17, 15) is 19.6 Å². The number of ether oxygens (including phenoxy) is 1. The van der Waals surface area contributed by atoms with Gasteiger partial charge in [0.05, 0.1) is 11.8 Å². The third-order valence-corrected chi connectivity index (χ3v) is 7.43. The Bertz CT molecular complexity index is 917. The Morgan fingerprint density at radius 3 is 2.17 bits per heavy atom. The lowest BCUT2D eigenvalue weighted by atomic mass is 9.76. The first-order valence-electron chi connectivity index (χ1n) is 12.7. The highest BCUT2D eigenvalue weighted by Crippen LogP contribution is 2.34. The van der Waals surface area contributed by atoms with Crippen LogP contribution in [0.4, 0.5) is 10.5 Å². The quantitative estimate of drug-likeness (QED) is 0.436. The summed E-state index contributed by atoms with van der Waals surface area (Å²) in [5, 5.41) is 12.1. The number of rotatable bonds is 5. The lowest BCUT2D eigenvalue weighted by molar-refractivity contribution is -0.149. The van der Waals surface area contributed by atoms with E-state index in [1.807, 2.05) is 4.90 Å². The van der Waals surface area contributed by atoms with E-state index in [0.29, 0.717) is 25.9 Å². The molecule has 4 rings (SSSR count). The standard InChI is InChI=1S/C26H38N4O5/c1-26(2,3)17-4-8-19(9-5-17)29-12-14-30(15-13-29)24(32)21-11-10-20(16-22(21)23(31)28-34)35-25(33)27-18-6-7-18/h4-5,8-9,18,20-22,34H,6-7,10-16H2,1-3H3,(H,27,33)(H,28,31)/t20-,21-,22-/m0/s1. The summed E-state index contributed by atoms with van der Waals surface area (Å²) in [6.07, 6.45) is 2.17. The number of alkyl carbamates (subject to hydrolysis) is 1. The van der Waals surface area contributed by atoms with Crippen LogP contribution in [0.25, 0.3) is 0 Å². The normalized spacial score (nSPS) is 25.1. The third kappa shape index (κ3) is 6.25. The molecular weight excluding hydrogens is 448 g/mol. The van der Waals surface area contributed by atoms with E-state index in [-0.39, 0.29) is 23.8 Å². The zero-order valence-electron chi connectivity index (χ0n) is 21.0. The number of piperazine rings is 1. The first-order valence-corrected chi connectivity index (χ1v) is 12.7. The van der Waals surface area contributed by atoms with Crippen molar-refractivity contribution in [2.45, 2.75) is 70.4 Å². The van der Waals surface area contributed by atoms with Gasteiger partial charge >= 0.3 is 6.09 Å². The van der Waals surface area contributed by atoms with E-state index < -0.39 is 29.9 Å². The van der Waals surface area contributed by atoms with Gasteiger partial charge in [-0.1, -0.05) is 32.9 Å². The summed E-state index contributed by atoms with van der Waals surface area (Å²) in [5.74, 6) is -1.94. The number of benzene rings is 1. The van der Waals surface area contributed by atoms with Crippen LogP contribution in [0.1, 0.15) is 58.4 Å². The molecule has 0 unspecified atom stereocenters. The van der Waals surface area contributed by atoms with Crippen molar-refractivity contribution in [3.05, 3.63) is 29.8 Å². The summed E-state index contributed by atoms with van der Waals surface area (Å²) in [6.45, 7) is 9.17. The molecule has 1 aromatic carbocycles. The minimum atomic E-state index is -0.733. The molecule has 1 saturated heterocycles. The van der Waals surface area contributed by atoms with Crippen molar-refractivity contribution < 1.29 is 24.3 Å². The van der Waals surface area contributed by atoms with Crippen LogP contribution in [-0.4, -0.2) is 66.3 Å². The number of hydrogen-bond donors (Lipinski definition) is 3. The molecule has 0 spiro atoms. The molecule has 0 radical (unpaired) electrons. The van der Waals surface area contributed by atoms with E-state index in [1.165, 1.54) is 5.56 Å². The number of anilines is 1. The van der Waals surface area contributed by atoms with Gasteiger partial charge in [-0.15, -0.1) is 0 Å². The second-order valence-electron chi connectivity index (χ2n) is 11.1. The van der Waals surface area contributed by atoms with E-state index in [1.54, 1.807) is 5.48 Å². The van der Waals surface area contributed by atoms with Crippen LogP contribution < -0.4 is 15.7 Å². The summed E-state index contributed by atoms with van der Waals surface area (Å²) < 4.78 is 5.49. The van der Waals surface area contributed by atoms with Crippen molar-refractivity contribution in [1.82, 2.24) is 15.7 Å². The molecule has 3 amide bonds. The van der Waals surface area contributed by atoms with E-state index in [2.05, 4.69) is 55.3 Å². The summed E-state index contributed by atoms with van der Waals surface area (Å²) in [7, 11) is 0. The Kier molecular flexibility index (Phi) is 7.54. The summed E-state index contributed by atoms with van der Waals surface area (Å²) in [4.78, 5) is 41.9. The molecule has 3 N–H and O–H groups in total. The minimum Gasteiger partial charge on any atom is -0.446 e. The predicted molar refractivity (Wildman–Crippen MR) is 131 cm³/mol. The van der Waals surface area contributed by atoms with Crippen LogP contribution in [0.3, 0.4) is 0 Å². The van der Waals surface area contributed by atoms with Gasteiger partial charge < -0.3 is 19.9 Å². The average molecular weight is 487 g/mol. The monoisotopic (exact) mass is 486 g/mol. The molecule has 9 nitrogen and oxygen atoms in total. The lowest BCUT2D eigenvalue weighted by Gasteiger charge is -2.40. The number of hydrogen-bond acceptors (Lipinski definition) is 6. The molecule has 35 heavy (non-hydrogen) atoms. The molecule has 192 valence electrons. The fourth-order valence-electron chi connectivity index (χ4n) is 5.08. The van der Waals surface area contributed by atoms with Crippen LogP contribution >= 0.6 is 0 Å². The maximum Gasteiger partial charge on any atom is 0.407 e. The summed E-state index contributed by atoms with van der Waals surface area (Å²) in [6, 6.07) is 8.79. The molecule has 1 heterocycles. The zero-order chi connectivity index (χ0) is 25.2. The molecule has 0 aromatic heterocycles. The second kappa shape index (κ2) is 10.4. The minimum absolute atomic E-state index is 0.0674. The molecule has 9 heteroatoms. The number of carbonyl (C=O) groups excluding carboxylic acids is 3. The smallest absolute Gasteiger partial charge is 0.407 e. The Hall–Kier alpha value is -2.81. The molecule has 2 saturated carbocycles. The molecule has 1 aromatic rings. The highest BCUT2D eigenvalue weighted by molar-refractivity contribution is 5.87. The SMILES string of the molecule is CC(C)(C)c1ccc(N2CCN(C(=O)[C@H]3CC[C@H](OC(=O)NC4CC4)C[C@@H]3C(=O)NO)CC2)cc1. The highest BCUT2D eigenvalue weighted by atomic mass is 16.6. The van der Waals surface area contributed by atoms with Gasteiger partial charge in [0.1, 0.15) is 6.10 Å². The Morgan fingerprint density at radius 1 is 0.943 bits per heavy atom. The van der Waals surface area contributed by atoms with Gasteiger partial charge in [-0.05, 0) is 55.2 Å². The zero-order valence-corrected chi connectivity index (χ0v) is 21.0. The van der Waals surface area contributed by atoms with Gasteiger partial charge in [-0.2, -0.15) is 0 Å². The molecule has 3 aliphatic rings. The van der Waals surface area contributed by atoms with Crippen molar-refractivity contribution in [1.29, 1.82) is 0 Å². The van der Waals surface area contributed by atoms with Crippen LogP contribution in [0.15, 0.2) is 24.3 Å². The van der Waals surface area contributed by atoms with Crippen molar-refractivity contribution in [3.63, 3.8) is 0 Å². The topological polar surface area (TPSA) is 111 Å². The second-order valence-corrected chi connectivity index (χ2v) is 11.1. The van der Waals surface area contributed by atoms with Crippen molar-refractivity contribution in [2.24, 2.45) is 11.8 Å². The van der Waals surface area contributed by atoms with E-state index in [0.717, 1.165) is 31.6 Å². The van der Waals surface area contributed by atoms with E-state index >= 15 is 0 Å². The molecule has 3 atom stereocenters. The number of nitrogens with one attached hydrogen (secondary N) is 2. The lowest BCUT2D eigenvalue weighted by Crippen LogP contribution is -2.53. The summed E-state index contributed by atoms with van der Waals surface area (Å²) >= 11 is 0. The fourth-order valence-corrected chi connectivity index (χ4v) is 5.08. The molecular formula is C26H38N4O5. The maximum atomic E-state index is 13.4. The Labute approximate surface area is 207 Å². The van der Waals surface area contributed by atoms with Crippen LogP contribution in [0, 0.1) is 11.8 Å². The van der Waals surface area contributed by atoms with Crippen molar-refractivity contribution in [2.75, 3.05) is 31.1 Å². The largest absolute Gasteiger partial charge is 0.446 e. The van der Waals surface area contributed by atoms with Gasteiger partial charge in [0.25, 0.3) is 0 Å². The number of hydroxylamine groups is 1. The van der Waals surface area contributed by atoms with Crippen LogP contribution in [0.2, 0.25) is 0 Å². The van der Waals surface area contributed by atoms with Gasteiger partial charge in [-0.3, -0.25) is 14.8 Å². The van der Waals surface area contributed by atoms with Gasteiger partial charge in [0, 0.05) is 37.9 Å². The number of carbonyl (C=O) groups is 3. The molecule has 0 bridgehead atoms. The predicted octanol–water partition coefficient (Wildman–Crippen LogP) is 2.81. The van der Waals surface area contributed by atoms with Gasteiger partial charge in [0.15, 0.2) is 0 Å². The fraction of sp³-hybridized carbons (Fsp3) is 0.654. The summed E-state index contributed by atoms with van der Waals surface area (Å²) in [5.41, 5.74) is 4.24. The van der Waals surface area contributed by atoms with Gasteiger partial charge in [-0.25, -0.2) is 10.3 Å². The molecule has 2 aliphatic carbocycles. The average Bonchev–Trinajstić information content (AvgIpc) is 3.66. The maximum absolute atomic E-state index is 13.4. The number of nitrogens with zero attached hydrogens (tertiary/aromatic N) is 2. The van der Waals surface area contributed by atoms with Crippen LogP contribution in [-0.2, 0) is 19.7 Å². The van der Waals surface area contributed by atoms with Crippen molar-refractivity contribution >= 4 is 23.6 Å². The van der Waals surface area contributed by atoms with Gasteiger partial charge in [0.2, 0.25) is 11.8 Å². The Balaban J connectivity index is 1.33. The van der Waals surface area contributed by atoms with E-state index in [4.69, 9.17) is 4.74 Å². The molecule has 1 aliphatic heterocycles.